The van der Waals surface area contributed by atoms with Gasteiger partial charge in [0, 0.05) is 29.9 Å². The Hall–Kier alpha value is -3.73. The first-order chi connectivity index (χ1) is 15.1. The molecular formula is C21H16F3N3O5. The lowest BCUT2D eigenvalue weighted by molar-refractivity contribution is -0.155. The minimum Gasteiger partial charge on any atom is -0.366 e. The lowest BCUT2D eigenvalue weighted by atomic mass is 9.99. The summed E-state index contributed by atoms with van der Waals surface area (Å²) >= 11 is 0. The quantitative estimate of drug-likeness (QED) is 0.477. The number of fused-ring (bicyclic) bond motifs is 1. The molecule has 4 rings (SSSR count). The van der Waals surface area contributed by atoms with Crippen LogP contribution in [0.1, 0.15) is 17.5 Å². The summed E-state index contributed by atoms with van der Waals surface area (Å²) in [4.78, 5) is 50.2. The van der Waals surface area contributed by atoms with E-state index in [1.54, 1.807) is 12.1 Å². The Bertz CT molecular complexity index is 1190. The second kappa shape index (κ2) is 7.75. The van der Waals surface area contributed by atoms with E-state index in [0.717, 1.165) is 16.5 Å². The molecular weight excluding hydrogens is 431 g/mol. The van der Waals surface area contributed by atoms with Gasteiger partial charge in [-0.05, 0) is 36.2 Å². The first-order valence-electron chi connectivity index (χ1n) is 9.54. The molecule has 1 atom stereocenters. The minimum absolute atomic E-state index is 0.152. The summed E-state index contributed by atoms with van der Waals surface area (Å²) in [5.41, 5.74) is -1.97. The number of anilines is 2. The molecule has 0 aromatic heterocycles. The number of hydrogen-bond acceptors (Lipinski definition) is 5. The molecule has 0 unspecified atom stereocenters. The monoisotopic (exact) mass is 447 g/mol. The zero-order valence-corrected chi connectivity index (χ0v) is 16.4. The van der Waals surface area contributed by atoms with E-state index < -0.39 is 59.3 Å². The fraction of sp³-hybridized carbons (Fsp3) is 0.238. The van der Waals surface area contributed by atoms with Crippen molar-refractivity contribution in [1.29, 1.82) is 0 Å². The number of nitrogens with zero attached hydrogens (tertiary/aromatic N) is 1. The standard InChI is InChI=1S/C21H16F3N3O5/c22-13-4-1-11(17(23)18(13)24)8-25-19(30)21(32)15(28)9-27(20(21)31)12-3-5-14-10(7-12)2-6-16(29)26-14/h1,3-5,7,32H,2,6,8-9H2,(H,25,30)(H,26,29)/t21-/m0/s1. The SMILES string of the molecule is O=C1CCc2cc(N3CC(=O)[C@](O)(C(=O)NCc4ccc(F)c(F)c4F)C3=O)ccc2N1. The second-order valence-electron chi connectivity index (χ2n) is 7.43. The van der Waals surface area contributed by atoms with Gasteiger partial charge in [0.1, 0.15) is 0 Å². The maximum Gasteiger partial charge on any atom is 0.283 e. The number of nitrogens with one attached hydrogen (secondary N) is 2. The molecule has 32 heavy (non-hydrogen) atoms. The van der Waals surface area contributed by atoms with E-state index in [1.807, 2.05) is 5.32 Å². The number of ketones is 1. The van der Waals surface area contributed by atoms with Crippen molar-refractivity contribution in [3.05, 3.63) is 58.9 Å². The van der Waals surface area contributed by atoms with Gasteiger partial charge in [-0.1, -0.05) is 6.07 Å². The molecule has 8 nitrogen and oxygen atoms in total. The molecule has 11 heteroatoms. The van der Waals surface area contributed by atoms with Crippen LogP contribution in [0, 0.1) is 17.5 Å². The topological polar surface area (TPSA) is 116 Å². The van der Waals surface area contributed by atoms with E-state index in [9.17, 15) is 37.5 Å². The summed E-state index contributed by atoms with van der Waals surface area (Å²) in [5.74, 6) is -8.56. The highest BCUT2D eigenvalue weighted by Gasteiger charge is 2.59. The molecule has 0 aliphatic carbocycles. The third-order valence-corrected chi connectivity index (χ3v) is 5.44. The maximum absolute atomic E-state index is 13.8. The van der Waals surface area contributed by atoms with Crippen LogP contribution >= 0.6 is 0 Å². The van der Waals surface area contributed by atoms with Crippen LogP contribution in [0.3, 0.4) is 0 Å². The first-order valence-corrected chi connectivity index (χ1v) is 9.54. The van der Waals surface area contributed by atoms with Gasteiger partial charge in [-0.25, -0.2) is 13.2 Å². The van der Waals surface area contributed by atoms with Crippen LogP contribution in [0.4, 0.5) is 24.5 Å². The fourth-order valence-electron chi connectivity index (χ4n) is 3.62. The van der Waals surface area contributed by atoms with E-state index in [2.05, 4.69) is 5.32 Å². The number of halogens is 3. The Morgan fingerprint density at radius 3 is 2.59 bits per heavy atom. The van der Waals surface area contributed by atoms with Crippen LogP contribution in [0.15, 0.2) is 30.3 Å². The molecule has 3 amide bonds. The number of aliphatic hydroxyl groups is 1. The molecule has 2 aliphatic rings. The predicted octanol–water partition coefficient (Wildman–Crippen LogP) is 0.952. The van der Waals surface area contributed by atoms with Crippen molar-refractivity contribution in [2.45, 2.75) is 25.0 Å². The third kappa shape index (κ3) is 3.40. The van der Waals surface area contributed by atoms with Crippen molar-refractivity contribution in [2.24, 2.45) is 0 Å². The number of Topliss-reactive ketones (excluding diaryl/α,β-unsaturated/α-hetero) is 1. The zero-order chi connectivity index (χ0) is 23.2. The van der Waals surface area contributed by atoms with Gasteiger partial charge in [-0.2, -0.15) is 0 Å². The van der Waals surface area contributed by atoms with Gasteiger partial charge in [-0.3, -0.25) is 19.2 Å². The molecule has 0 saturated carbocycles. The summed E-state index contributed by atoms with van der Waals surface area (Å²) in [7, 11) is 0. The molecule has 0 bridgehead atoms. The molecule has 2 aromatic rings. The van der Waals surface area contributed by atoms with Crippen molar-refractivity contribution in [1.82, 2.24) is 5.32 Å². The van der Waals surface area contributed by atoms with Gasteiger partial charge in [0.25, 0.3) is 17.4 Å². The molecule has 0 spiro atoms. The lowest BCUT2D eigenvalue weighted by Gasteiger charge is -2.23. The number of amides is 3. The number of benzene rings is 2. The third-order valence-electron chi connectivity index (χ3n) is 5.44. The van der Waals surface area contributed by atoms with Gasteiger partial charge in [0.05, 0.1) is 6.54 Å². The predicted molar refractivity (Wildman–Crippen MR) is 104 cm³/mol. The van der Waals surface area contributed by atoms with E-state index in [1.165, 1.54) is 6.07 Å². The van der Waals surface area contributed by atoms with Gasteiger partial charge in [0.15, 0.2) is 17.5 Å². The molecule has 1 saturated heterocycles. The number of rotatable bonds is 4. The molecule has 3 N–H and O–H groups in total. The molecule has 166 valence electrons. The van der Waals surface area contributed by atoms with Crippen LogP contribution in [-0.2, 0) is 32.1 Å². The Labute approximate surface area is 179 Å². The highest BCUT2D eigenvalue weighted by Crippen LogP contribution is 2.31. The molecule has 1 fully saturated rings. The zero-order valence-electron chi connectivity index (χ0n) is 16.4. The summed E-state index contributed by atoms with van der Waals surface area (Å²) in [6.45, 7) is -1.28. The van der Waals surface area contributed by atoms with Crippen LogP contribution in [0.5, 0.6) is 0 Å². The average Bonchev–Trinajstić information content (AvgIpc) is 3.01. The minimum atomic E-state index is -3.06. The van der Waals surface area contributed by atoms with E-state index in [4.69, 9.17) is 0 Å². The smallest absolute Gasteiger partial charge is 0.283 e. The normalized spacial score (nSPS) is 20.2. The maximum atomic E-state index is 13.8. The number of carbonyl (C=O) groups is 4. The number of hydrogen-bond donors (Lipinski definition) is 3. The van der Waals surface area contributed by atoms with Gasteiger partial charge in [0.2, 0.25) is 11.7 Å². The Morgan fingerprint density at radius 1 is 1.09 bits per heavy atom. The van der Waals surface area contributed by atoms with Crippen molar-refractivity contribution < 1.29 is 37.5 Å². The van der Waals surface area contributed by atoms with Gasteiger partial charge >= 0.3 is 0 Å². The summed E-state index contributed by atoms with van der Waals surface area (Å²) in [5, 5.41) is 15.3. The molecule has 2 aromatic carbocycles. The Morgan fingerprint density at radius 2 is 1.84 bits per heavy atom. The largest absolute Gasteiger partial charge is 0.366 e. The first kappa shape index (κ1) is 21.5. The molecule has 2 heterocycles. The molecule has 0 radical (unpaired) electrons. The number of aryl methyl sites for hydroxylation is 1. The van der Waals surface area contributed by atoms with Crippen molar-refractivity contribution in [3.63, 3.8) is 0 Å². The van der Waals surface area contributed by atoms with E-state index >= 15 is 0 Å². The van der Waals surface area contributed by atoms with Crippen LogP contribution in [0.25, 0.3) is 0 Å². The number of carbonyl (C=O) groups excluding carboxylic acids is 4. The fourth-order valence-corrected chi connectivity index (χ4v) is 3.62. The van der Waals surface area contributed by atoms with E-state index in [0.29, 0.717) is 18.2 Å². The van der Waals surface area contributed by atoms with Crippen molar-refractivity contribution >= 4 is 34.9 Å². The van der Waals surface area contributed by atoms with Crippen LogP contribution in [0.2, 0.25) is 0 Å². The highest BCUT2D eigenvalue weighted by atomic mass is 19.2. The lowest BCUT2D eigenvalue weighted by Crippen LogP contribution is -2.56. The summed E-state index contributed by atoms with van der Waals surface area (Å²) < 4.78 is 40.2. The van der Waals surface area contributed by atoms with Crippen LogP contribution in [-0.4, -0.2) is 40.8 Å². The van der Waals surface area contributed by atoms with Crippen molar-refractivity contribution in [3.8, 4) is 0 Å². The average molecular weight is 447 g/mol. The van der Waals surface area contributed by atoms with E-state index in [-0.39, 0.29) is 18.0 Å². The van der Waals surface area contributed by atoms with Crippen molar-refractivity contribution in [2.75, 3.05) is 16.8 Å². The van der Waals surface area contributed by atoms with Gasteiger partial charge in [-0.15, -0.1) is 0 Å². The van der Waals surface area contributed by atoms with Crippen LogP contribution < -0.4 is 15.5 Å². The second-order valence-corrected chi connectivity index (χ2v) is 7.43. The Balaban J connectivity index is 1.53. The summed E-state index contributed by atoms with van der Waals surface area (Å²) in [6.07, 6.45) is 0.658. The van der Waals surface area contributed by atoms with Gasteiger partial charge < -0.3 is 20.6 Å². The Kier molecular flexibility index (Phi) is 5.21. The summed E-state index contributed by atoms with van der Waals surface area (Å²) in [6, 6.07) is 6.11. The highest BCUT2D eigenvalue weighted by molar-refractivity contribution is 6.35. The molecule has 2 aliphatic heterocycles.